The first-order valence-corrected chi connectivity index (χ1v) is 9.70. The Morgan fingerprint density at radius 2 is 1.66 bits per heavy atom. The second kappa shape index (κ2) is 6.82. The van der Waals surface area contributed by atoms with Gasteiger partial charge in [-0.05, 0) is 60.4 Å². The molecule has 0 unspecified atom stereocenters. The van der Waals surface area contributed by atoms with E-state index in [1.54, 1.807) is 6.07 Å². The van der Waals surface area contributed by atoms with Crippen LogP contribution in [-0.4, -0.2) is 6.73 Å². The van der Waals surface area contributed by atoms with E-state index >= 15 is 0 Å². The Balaban J connectivity index is 1.66. The van der Waals surface area contributed by atoms with Gasteiger partial charge >= 0.3 is 5.63 Å². The Hall–Kier alpha value is -3.53. The van der Waals surface area contributed by atoms with E-state index in [2.05, 4.69) is 36.9 Å². The van der Waals surface area contributed by atoms with E-state index in [0.717, 1.165) is 33.5 Å². The number of aryl methyl sites for hydroxylation is 2. The van der Waals surface area contributed by atoms with Crippen molar-refractivity contribution in [2.75, 3.05) is 11.6 Å². The first-order valence-electron chi connectivity index (χ1n) is 9.70. The molecule has 1 aliphatic heterocycles. The smallest absolute Gasteiger partial charge is 0.336 e. The maximum atomic E-state index is 12.4. The van der Waals surface area contributed by atoms with Crippen LogP contribution in [0.25, 0.3) is 22.1 Å². The first kappa shape index (κ1) is 17.6. The summed E-state index contributed by atoms with van der Waals surface area (Å²) in [6.07, 6.45) is 0. The molecule has 0 aliphatic carbocycles. The summed E-state index contributed by atoms with van der Waals surface area (Å²) < 4.78 is 11.7. The molecule has 4 nitrogen and oxygen atoms in total. The Kier molecular flexibility index (Phi) is 4.13. The third-order valence-corrected chi connectivity index (χ3v) is 5.35. The fourth-order valence-corrected chi connectivity index (χ4v) is 4.09. The maximum absolute atomic E-state index is 12.4. The molecular formula is C25H21NO3. The molecule has 1 aromatic heterocycles. The van der Waals surface area contributed by atoms with Crippen LogP contribution in [-0.2, 0) is 6.54 Å². The fraction of sp³-hybridized carbons (Fsp3) is 0.160. The lowest BCUT2D eigenvalue weighted by molar-refractivity contribution is 0.289. The van der Waals surface area contributed by atoms with Gasteiger partial charge in [0.05, 0.1) is 12.1 Å². The lowest BCUT2D eigenvalue weighted by atomic mass is 9.99. The largest absolute Gasteiger partial charge is 0.473 e. The molecule has 0 bridgehead atoms. The van der Waals surface area contributed by atoms with Crippen molar-refractivity contribution in [2.45, 2.75) is 20.4 Å². The number of fused-ring (bicyclic) bond motifs is 3. The van der Waals surface area contributed by atoms with E-state index < -0.39 is 0 Å². The zero-order valence-corrected chi connectivity index (χ0v) is 16.4. The summed E-state index contributed by atoms with van der Waals surface area (Å²) >= 11 is 0. The van der Waals surface area contributed by atoms with Crippen molar-refractivity contribution in [2.24, 2.45) is 0 Å². The van der Waals surface area contributed by atoms with Gasteiger partial charge < -0.3 is 14.1 Å². The van der Waals surface area contributed by atoms with Crippen LogP contribution in [0.2, 0.25) is 0 Å². The highest BCUT2D eigenvalue weighted by molar-refractivity contribution is 5.96. The maximum Gasteiger partial charge on any atom is 0.336 e. The molecule has 2 heterocycles. The predicted octanol–water partition coefficient (Wildman–Crippen LogP) is 5.43. The van der Waals surface area contributed by atoms with Gasteiger partial charge in [-0.1, -0.05) is 36.4 Å². The highest BCUT2D eigenvalue weighted by Crippen LogP contribution is 2.37. The highest BCUT2D eigenvalue weighted by Gasteiger charge is 2.23. The van der Waals surface area contributed by atoms with Gasteiger partial charge in [0.15, 0.2) is 6.73 Å². The molecule has 3 aromatic carbocycles. The number of hydrogen-bond donors (Lipinski definition) is 0. The van der Waals surface area contributed by atoms with E-state index in [1.807, 2.05) is 42.5 Å². The Morgan fingerprint density at radius 1 is 0.897 bits per heavy atom. The number of hydrogen-bond acceptors (Lipinski definition) is 4. The van der Waals surface area contributed by atoms with Gasteiger partial charge in [0.25, 0.3) is 0 Å². The van der Waals surface area contributed by atoms with Crippen molar-refractivity contribution in [3.05, 3.63) is 93.8 Å². The van der Waals surface area contributed by atoms with Gasteiger partial charge in [-0.2, -0.15) is 0 Å². The molecule has 5 rings (SSSR count). The molecular weight excluding hydrogens is 362 g/mol. The van der Waals surface area contributed by atoms with Crippen molar-refractivity contribution in [1.82, 2.24) is 0 Å². The zero-order chi connectivity index (χ0) is 20.0. The Labute approximate surface area is 169 Å². The summed E-state index contributed by atoms with van der Waals surface area (Å²) in [5.41, 5.74) is 6.55. The molecule has 0 amide bonds. The minimum absolute atomic E-state index is 0.353. The van der Waals surface area contributed by atoms with E-state index in [1.165, 1.54) is 11.1 Å². The lowest BCUT2D eigenvalue weighted by Crippen LogP contribution is -2.32. The second-order valence-corrected chi connectivity index (χ2v) is 7.58. The summed E-state index contributed by atoms with van der Waals surface area (Å²) in [5.74, 6) is 0.770. The predicted molar refractivity (Wildman–Crippen MR) is 116 cm³/mol. The van der Waals surface area contributed by atoms with Crippen LogP contribution in [0.5, 0.6) is 5.75 Å². The normalized spacial score (nSPS) is 13.2. The van der Waals surface area contributed by atoms with Gasteiger partial charge in [0.2, 0.25) is 0 Å². The van der Waals surface area contributed by atoms with Gasteiger partial charge in [0.1, 0.15) is 11.3 Å². The topological polar surface area (TPSA) is 42.7 Å². The summed E-state index contributed by atoms with van der Waals surface area (Å²) in [6.45, 7) is 5.27. The van der Waals surface area contributed by atoms with Crippen molar-refractivity contribution in [3.8, 4) is 16.9 Å². The molecule has 0 atom stereocenters. The molecule has 0 spiro atoms. The minimum Gasteiger partial charge on any atom is -0.473 e. The van der Waals surface area contributed by atoms with Crippen molar-refractivity contribution >= 4 is 16.7 Å². The zero-order valence-electron chi connectivity index (χ0n) is 16.4. The molecule has 0 saturated heterocycles. The van der Waals surface area contributed by atoms with Crippen LogP contribution in [0.3, 0.4) is 0 Å². The molecule has 0 N–H and O–H groups in total. The number of nitrogens with zero attached hydrogens (tertiary/aromatic N) is 1. The molecule has 29 heavy (non-hydrogen) atoms. The third kappa shape index (κ3) is 3.17. The molecule has 4 aromatic rings. The molecule has 0 radical (unpaired) electrons. The van der Waals surface area contributed by atoms with Gasteiger partial charge in [-0.15, -0.1) is 0 Å². The summed E-state index contributed by atoms with van der Waals surface area (Å²) in [5, 5.41) is 0.917. The van der Waals surface area contributed by atoms with Crippen LogP contribution in [0, 0.1) is 13.8 Å². The van der Waals surface area contributed by atoms with Crippen molar-refractivity contribution in [3.63, 3.8) is 0 Å². The monoisotopic (exact) mass is 383 g/mol. The van der Waals surface area contributed by atoms with Crippen LogP contribution in [0.1, 0.15) is 16.7 Å². The van der Waals surface area contributed by atoms with Crippen molar-refractivity contribution < 1.29 is 9.15 Å². The highest BCUT2D eigenvalue weighted by atomic mass is 16.5. The second-order valence-electron chi connectivity index (χ2n) is 7.58. The van der Waals surface area contributed by atoms with Gasteiger partial charge in [-0.3, -0.25) is 0 Å². The Bertz CT molecular complexity index is 1250. The minimum atomic E-state index is -0.353. The van der Waals surface area contributed by atoms with E-state index in [-0.39, 0.29) is 5.63 Å². The molecule has 144 valence electrons. The number of ether oxygens (including phenoxy) is 1. The van der Waals surface area contributed by atoms with Gasteiger partial charge in [-0.25, -0.2) is 4.79 Å². The van der Waals surface area contributed by atoms with E-state index in [0.29, 0.717) is 18.9 Å². The number of rotatable bonds is 2. The lowest BCUT2D eigenvalue weighted by Gasteiger charge is -2.31. The summed E-state index contributed by atoms with van der Waals surface area (Å²) in [6, 6.07) is 21.9. The third-order valence-electron chi connectivity index (χ3n) is 5.35. The summed E-state index contributed by atoms with van der Waals surface area (Å²) in [4.78, 5) is 14.5. The van der Waals surface area contributed by atoms with Crippen LogP contribution in [0.4, 0.5) is 5.69 Å². The van der Waals surface area contributed by atoms with E-state index in [9.17, 15) is 4.79 Å². The summed E-state index contributed by atoms with van der Waals surface area (Å²) in [7, 11) is 0. The average molecular weight is 383 g/mol. The molecule has 0 saturated carbocycles. The standard InChI is InChI=1S/C25H21NO3/c1-16-10-17(2)12-19(11-16)26-14-22-23(28-15-26)9-8-20-21(13-24(27)29-25(20)22)18-6-4-3-5-7-18/h3-13H,14-15H2,1-2H3. The number of anilines is 1. The Morgan fingerprint density at radius 3 is 2.41 bits per heavy atom. The fourth-order valence-electron chi connectivity index (χ4n) is 4.09. The average Bonchev–Trinajstić information content (AvgIpc) is 2.72. The SMILES string of the molecule is Cc1cc(C)cc(N2COc3ccc4c(-c5ccccc5)cc(=O)oc4c3C2)c1. The quantitative estimate of drug-likeness (QED) is 0.433. The molecule has 4 heteroatoms. The van der Waals surface area contributed by atoms with Crippen LogP contribution < -0.4 is 15.3 Å². The van der Waals surface area contributed by atoms with E-state index in [4.69, 9.17) is 9.15 Å². The molecule has 1 aliphatic rings. The van der Waals surface area contributed by atoms with Crippen LogP contribution >= 0.6 is 0 Å². The molecule has 0 fully saturated rings. The van der Waals surface area contributed by atoms with Crippen LogP contribution in [0.15, 0.2) is 75.9 Å². The van der Waals surface area contributed by atoms with Crippen molar-refractivity contribution in [1.29, 1.82) is 0 Å². The number of benzene rings is 3. The van der Waals surface area contributed by atoms with Gasteiger partial charge in [0, 0.05) is 17.1 Å². The first-order chi connectivity index (χ1) is 14.1.